The Morgan fingerprint density at radius 3 is 2.41 bits per heavy atom. The summed E-state index contributed by atoms with van der Waals surface area (Å²) in [5, 5.41) is 8.79. The van der Waals surface area contributed by atoms with Gasteiger partial charge in [0.1, 0.15) is 6.07 Å². The Balaban J connectivity index is 2.00. The number of aryl methyl sites for hydroxylation is 1. The van der Waals surface area contributed by atoms with Gasteiger partial charge in [-0.2, -0.15) is 17.9 Å². The summed E-state index contributed by atoms with van der Waals surface area (Å²) >= 11 is 4.20. The molecule has 1 rings (SSSR count). The summed E-state index contributed by atoms with van der Waals surface area (Å²) in [4.78, 5) is 3.98. The predicted molar refractivity (Wildman–Crippen MR) is 73.1 cm³/mol. The van der Waals surface area contributed by atoms with E-state index in [4.69, 9.17) is 5.26 Å². The molecular weight excluding hydrogens is 230 g/mol. The minimum atomic E-state index is 0.527. The van der Waals surface area contributed by atoms with E-state index in [-0.39, 0.29) is 0 Å². The molecule has 0 aliphatic rings. The molecule has 0 atom stereocenters. The first-order valence-corrected chi connectivity index (χ1v) is 7.04. The van der Waals surface area contributed by atoms with Crippen LogP contribution in [0.3, 0.4) is 0 Å². The van der Waals surface area contributed by atoms with Crippen LogP contribution in [0, 0.1) is 11.3 Å². The molecule has 0 saturated carbocycles. The second-order valence-electron chi connectivity index (χ2n) is 4.25. The number of hydrogen-bond donors (Lipinski definition) is 1. The number of unbranched alkanes of at least 4 members (excludes halogenated alkanes) is 6. The van der Waals surface area contributed by atoms with Crippen molar-refractivity contribution in [2.24, 2.45) is 0 Å². The van der Waals surface area contributed by atoms with Crippen molar-refractivity contribution in [2.75, 3.05) is 5.75 Å². The maximum atomic E-state index is 8.79. The number of hydrogen-bond acceptors (Lipinski definition) is 3. The third-order valence-corrected chi connectivity index (χ3v) is 3.19. The van der Waals surface area contributed by atoms with Gasteiger partial charge in [-0.3, -0.25) is 0 Å². The fourth-order valence-corrected chi connectivity index (χ4v) is 2.10. The predicted octanol–water partition coefficient (Wildman–Crippen LogP) is 3.42. The normalized spacial score (nSPS) is 10.4. The third-order valence-electron chi connectivity index (χ3n) is 2.87. The molecule has 0 saturated heterocycles. The third kappa shape index (κ3) is 5.78. The van der Waals surface area contributed by atoms with Gasteiger partial charge < -0.3 is 4.57 Å². The lowest BCUT2D eigenvalue weighted by atomic mass is 10.1. The van der Waals surface area contributed by atoms with E-state index in [0.29, 0.717) is 5.82 Å². The first kappa shape index (κ1) is 14.1. The van der Waals surface area contributed by atoms with E-state index >= 15 is 0 Å². The molecule has 1 aromatic heterocycles. The lowest BCUT2D eigenvalue weighted by molar-refractivity contribution is 0.548. The van der Waals surface area contributed by atoms with Gasteiger partial charge in [0, 0.05) is 18.9 Å². The molecule has 17 heavy (non-hydrogen) atoms. The molecule has 94 valence electrons. The molecule has 4 heteroatoms. The molecule has 0 aliphatic heterocycles. The van der Waals surface area contributed by atoms with E-state index in [9.17, 15) is 0 Å². The fraction of sp³-hybridized carbons (Fsp3) is 0.692. The molecule has 1 heterocycles. The van der Waals surface area contributed by atoms with Crippen LogP contribution in [0.4, 0.5) is 0 Å². The van der Waals surface area contributed by atoms with Gasteiger partial charge in [0.2, 0.25) is 5.82 Å². The highest BCUT2D eigenvalue weighted by Gasteiger charge is 1.99. The molecule has 1 aromatic rings. The van der Waals surface area contributed by atoms with E-state index < -0.39 is 0 Å². The number of rotatable bonds is 9. The Morgan fingerprint density at radius 1 is 1.12 bits per heavy atom. The number of aromatic nitrogens is 2. The van der Waals surface area contributed by atoms with Gasteiger partial charge >= 0.3 is 0 Å². The van der Waals surface area contributed by atoms with Crippen LogP contribution in [-0.4, -0.2) is 15.3 Å². The van der Waals surface area contributed by atoms with E-state index in [1.165, 1.54) is 38.5 Å². The van der Waals surface area contributed by atoms with Gasteiger partial charge in [-0.1, -0.05) is 32.1 Å². The van der Waals surface area contributed by atoms with Crippen LogP contribution in [0.5, 0.6) is 0 Å². The fourth-order valence-electron chi connectivity index (χ4n) is 1.88. The van der Waals surface area contributed by atoms with Crippen molar-refractivity contribution in [3.63, 3.8) is 0 Å². The van der Waals surface area contributed by atoms with Gasteiger partial charge in [0.25, 0.3) is 0 Å². The topological polar surface area (TPSA) is 41.6 Å². The van der Waals surface area contributed by atoms with E-state index in [2.05, 4.69) is 23.7 Å². The number of imidazole rings is 1. The quantitative estimate of drug-likeness (QED) is 0.540. The van der Waals surface area contributed by atoms with Crippen LogP contribution in [-0.2, 0) is 6.54 Å². The van der Waals surface area contributed by atoms with E-state index in [1.54, 1.807) is 6.20 Å². The molecule has 3 nitrogen and oxygen atoms in total. The largest absolute Gasteiger partial charge is 0.323 e. The second kappa shape index (κ2) is 9.12. The molecular formula is C13H21N3S. The van der Waals surface area contributed by atoms with Gasteiger partial charge in [-0.15, -0.1) is 0 Å². The number of nitrogens with zero attached hydrogens (tertiary/aromatic N) is 3. The number of thiol groups is 1. The SMILES string of the molecule is N#Cc1nccn1CCCCCCCCCS. The average molecular weight is 251 g/mol. The average Bonchev–Trinajstić information content (AvgIpc) is 2.80. The van der Waals surface area contributed by atoms with Crippen molar-refractivity contribution < 1.29 is 0 Å². The molecule has 0 unspecified atom stereocenters. The standard InChI is InChI=1S/C13H21N3S/c14-12-13-15-8-10-16(13)9-6-4-2-1-3-5-7-11-17/h8,10,17H,1-7,9,11H2. The van der Waals surface area contributed by atoms with Crippen molar-refractivity contribution in [1.29, 1.82) is 5.26 Å². The van der Waals surface area contributed by atoms with Crippen LogP contribution in [0.25, 0.3) is 0 Å². The van der Waals surface area contributed by atoms with E-state index in [0.717, 1.165) is 18.7 Å². The van der Waals surface area contributed by atoms with Gasteiger partial charge in [-0.25, -0.2) is 4.98 Å². The summed E-state index contributed by atoms with van der Waals surface area (Å²) in [5.74, 6) is 1.54. The highest BCUT2D eigenvalue weighted by molar-refractivity contribution is 7.80. The zero-order chi connectivity index (χ0) is 12.3. The molecule has 0 radical (unpaired) electrons. The van der Waals surface area contributed by atoms with Crippen molar-refractivity contribution in [2.45, 2.75) is 51.5 Å². The van der Waals surface area contributed by atoms with Crippen LogP contribution in [0.1, 0.15) is 50.8 Å². The summed E-state index contributed by atoms with van der Waals surface area (Å²) in [6.07, 6.45) is 12.4. The minimum Gasteiger partial charge on any atom is -0.323 e. The van der Waals surface area contributed by atoms with Gasteiger partial charge in [0.15, 0.2) is 0 Å². The Hall–Kier alpha value is -0.950. The summed E-state index contributed by atoms with van der Waals surface area (Å²) in [5.41, 5.74) is 0. The second-order valence-corrected chi connectivity index (χ2v) is 4.70. The first-order chi connectivity index (χ1) is 8.38. The molecule has 0 fully saturated rings. The molecule has 0 amide bonds. The van der Waals surface area contributed by atoms with Crippen LogP contribution in [0.2, 0.25) is 0 Å². The van der Waals surface area contributed by atoms with Crippen LogP contribution in [0.15, 0.2) is 12.4 Å². The van der Waals surface area contributed by atoms with Crippen LogP contribution >= 0.6 is 12.6 Å². The highest BCUT2D eigenvalue weighted by Crippen LogP contribution is 2.09. The molecule has 0 aliphatic carbocycles. The lowest BCUT2D eigenvalue weighted by Crippen LogP contribution is -1.99. The minimum absolute atomic E-state index is 0.527. The summed E-state index contributed by atoms with van der Waals surface area (Å²) in [6.45, 7) is 0.916. The monoisotopic (exact) mass is 251 g/mol. The molecule has 0 spiro atoms. The van der Waals surface area contributed by atoms with Gasteiger partial charge in [-0.05, 0) is 18.6 Å². The zero-order valence-electron chi connectivity index (χ0n) is 10.3. The smallest absolute Gasteiger partial charge is 0.212 e. The van der Waals surface area contributed by atoms with Crippen molar-refractivity contribution in [1.82, 2.24) is 9.55 Å². The van der Waals surface area contributed by atoms with Gasteiger partial charge in [0.05, 0.1) is 0 Å². The Labute approximate surface area is 109 Å². The first-order valence-electron chi connectivity index (χ1n) is 6.40. The maximum absolute atomic E-state index is 8.79. The molecule has 0 aromatic carbocycles. The molecule has 0 N–H and O–H groups in total. The summed E-state index contributed by atoms with van der Waals surface area (Å²) in [6, 6.07) is 2.10. The summed E-state index contributed by atoms with van der Waals surface area (Å²) in [7, 11) is 0. The van der Waals surface area contributed by atoms with E-state index in [1.807, 2.05) is 10.8 Å². The Kier molecular flexibility index (Phi) is 7.57. The van der Waals surface area contributed by atoms with Crippen molar-refractivity contribution >= 4 is 12.6 Å². The Morgan fingerprint density at radius 2 is 1.76 bits per heavy atom. The highest BCUT2D eigenvalue weighted by atomic mass is 32.1. The van der Waals surface area contributed by atoms with Crippen LogP contribution < -0.4 is 0 Å². The van der Waals surface area contributed by atoms with Crippen molar-refractivity contribution in [3.8, 4) is 6.07 Å². The summed E-state index contributed by atoms with van der Waals surface area (Å²) < 4.78 is 1.93. The van der Waals surface area contributed by atoms with Crippen molar-refractivity contribution in [3.05, 3.63) is 18.2 Å². The number of nitriles is 1. The molecule has 0 bridgehead atoms. The lowest BCUT2D eigenvalue weighted by Gasteiger charge is -2.03. The zero-order valence-corrected chi connectivity index (χ0v) is 11.2. The maximum Gasteiger partial charge on any atom is 0.212 e. The Bertz CT molecular complexity index is 341.